The van der Waals surface area contributed by atoms with Crippen LogP contribution in [-0.4, -0.2) is 20.1 Å². The number of rotatable bonds is 4. The van der Waals surface area contributed by atoms with E-state index in [1.165, 1.54) is 48.5 Å². The number of non-ortho nitro benzene ring substituents is 2. The van der Waals surface area contributed by atoms with Gasteiger partial charge in [0.25, 0.3) is 11.4 Å². The predicted molar refractivity (Wildman–Crippen MR) is 90.0 cm³/mol. The largest absolute Gasteiger partial charge is 0.281 e. The number of nitrogens with zero attached hydrogens (tertiary/aromatic N) is 2. The van der Waals surface area contributed by atoms with Crippen LogP contribution in [0.4, 0.5) is 11.4 Å². The van der Waals surface area contributed by atoms with Crippen molar-refractivity contribution in [1.82, 2.24) is 0 Å². The van der Waals surface area contributed by atoms with Crippen LogP contribution in [0.3, 0.4) is 0 Å². The number of hydrogen-bond donors (Lipinski definition) is 0. The van der Waals surface area contributed by atoms with E-state index in [1.807, 2.05) is 0 Å². The Hall–Kier alpha value is -2.72. The number of carbonyl (C=O) groups is 2. The number of nitro benzene ring substituents is 2. The second kappa shape index (κ2) is 7.70. The minimum absolute atomic E-state index is 0.133. The Labute approximate surface area is 142 Å². The lowest BCUT2D eigenvalue weighted by atomic mass is 10.2. The van der Waals surface area contributed by atoms with Crippen LogP contribution >= 0.6 is 21.6 Å². The maximum absolute atomic E-state index is 11.9. The van der Waals surface area contributed by atoms with E-state index in [0.717, 1.165) is 0 Å². The Kier molecular flexibility index (Phi) is 5.66. The second-order valence-corrected chi connectivity index (χ2v) is 6.42. The molecule has 0 unspecified atom stereocenters. The zero-order valence-electron chi connectivity index (χ0n) is 11.8. The Balaban J connectivity index is 1.96. The van der Waals surface area contributed by atoms with Gasteiger partial charge in [-0.1, -0.05) is 0 Å². The van der Waals surface area contributed by atoms with Crippen molar-refractivity contribution in [2.24, 2.45) is 0 Å². The lowest BCUT2D eigenvalue weighted by Gasteiger charge is -2.01. The predicted octanol–water partition coefficient (Wildman–Crippen LogP) is 3.87. The summed E-state index contributed by atoms with van der Waals surface area (Å²) in [5, 5.41) is 20.2. The number of carbonyl (C=O) groups excluding carboxylic acids is 2. The fourth-order valence-corrected chi connectivity index (χ4v) is 3.26. The lowest BCUT2D eigenvalue weighted by Crippen LogP contribution is -1.96. The number of nitro groups is 2. The highest BCUT2D eigenvalue weighted by molar-refractivity contribution is 8.87. The summed E-state index contributed by atoms with van der Waals surface area (Å²) in [5.41, 5.74) is 0.196. The van der Waals surface area contributed by atoms with Crippen molar-refractivity contribution in [2.75, 3.05) is 0 Å². The van der Waals surface area contributed by atoms with Crippen molar-refractivity contribution < 1.29 is 19.4 Å². The first-order valence-electron chi connectivity index (χ1n) is 6.30. The Morgan fingerprint density at radius 3 is 1.21 bits per heavy atom. The van der Waals surface area contributed by atoms with Gasteiger partial charge in [-0.25, -0.2) is 0 Å². The fourth-order valence-electron chi connectivity index (χ4n) is 1.61. The molecule has 10 heteroatoms. The smallest absolute Gasteiger partial charge is 0.269 e. The maximum atomic E-state index is 11.9. The van der Waals surface area contributed by atoms with Gasteiger partial charge in [-0.15, -0.1) is 0 Å². The standard InChI is InChI=1S/C14H8N2O6S2/c17-13(9-1-5-11(6-2-9)15(19)20)23-24-14(18)10-3-7-12(8-4-10)16(21)22/h1-8H. The third kappa shape index (κ3) is 4.40. The van der Waals surface area contributed by atoms with Crippen LogP contribution in [0, 0.1) is 20.2 Å². The quantitative estimate of drug-likeness (QED) is 0.455. The summed E-state index contributed by atoms with van der Waals surface area (Å²) in [5.74, 6) is 0. The van der Waals surface area contributed by atoms with E-state index < -0.39 is 20.1 Å². The number of hydrogen-bond acceptors (Lipinski definition) is 8. The third-order valence-electron chi connectivity index (χ3n) is 2.82. The van der Waals surface area contributed by atoms with Crippen molar-refractivity contribution >= 4 is 43.2 Å². The number of benzene rings is 2. The van der Waals surface area contributed by atoms with E-state index in [9.17, 15) is 29.8 Å². The van der Waals surface area contributed by atoms with Gasteiger partial charge in [0.15, 0.2) is 0 Å². The monoisotopic (exact) mass is 364 g/mol. The fraction of sp³-hybridized carbons (Fsp3) is 0. The van der Waals surface area contributed by atoms with Gasteiger partial charge < -0.3 is 0 Å². The highest BCUT2D eigenvalue weighted by atomic mass is 33.1. The molecule has 0 saturated carbocycles. The van der Waals surface area contributed by atoms with E-state index in [4.69, 9.17) is 0 Å². The molecular formula is C14H8N2O6S2. The molecule has 122 valence electrons. The molecule has 0 bridgehead atoms. The van der Waals surface area contributed by atoms with Gasteiger partial charge in [0.05, 0.1) is 9.85 Å². The van der Waals surface area contributed by atoms with E-state index in [0.29, 0.717) is 21.6 Å². The van der Waals surface area contributed by atoms with Gasteiger partial charge >= 0.3 is 0 Å². The highest BCUT2D eigenvalue weighted by Gasteiger charge is 2.15. The summed E-state index contributed by atoms with van der Waals surface area (Å²) in [7, 11) is 1.36. The molecule has 2 aromatic rings. The molecule has 0 heterocycles. The molecular weight excluding hydrogens is 356 g/mol. The second-order valence-electron chi connectivity index (χ2n) is 4.35. The summed E-state index contributed by atoms with van der Waals surface area (Å²) >= 11 is 0. The molecule has 0 aliphatic heterocycles. The molecule has 0 fully saturated rings. The lowest BCUT2D eigenvalue weighted by molar-refractivity contribution is -0.385. The molecule has 0 spiro atoms. The molecule has 0 aliphatic carbocycles. The van der Waals surface area contributed by atoms with Crippen LogP contribution in [0.1, 0.15) is 20.7 Å². The van der Waals surface area contributed by atoms with Crippen molar-refractivity contribution in [3.8, 4) is 0 Å². The molecule has 0 atom stereocenters. The third-order valence-corrected chi connectivity index (χ3v) is 4.84. The first-order valence-corrected chi connectivity index (χ1v) is 8.45. The van der Waals surface area contributed by atoms with Crippen molar-refractivity contribution in [3.05, 3.63) is 79.9 Å². The van der Waals surface area contributed by atoms with Crippen molar-refractivity contribution in [2.45, 2.75) is 0 Å². The van der Waals surface area contributed by atoms with Gasteiger partial charge in [-0.3, -0.25) is 29.8 Å². The molecule has 0 N–H and O–H groups in total. The molecule has 0 radical (unpaired) electrons. The van der Waals surface area contributed by atoms with Crippen LogP contribution < -0.4 is 0 Å². The van der Waals surface area contributed by atoms with Crippen LogP contribution in [-0.2, 0) is 0 Å². The summed E-state index contributed by atoms with van der Waals surface area (Å²) in [6.07, 6.45) is 0. The molecule has 0 aromatic heterocycles. The summed E-state index contributed by atoms with van der Waals surface area (Å²) in [6.45, 7) is 0. The van der Waals surface area contributed by atoms with E-state index in [-0.39, 0.29) is 22.5 Å². The molecule has 2 aromatic carbocycles. The van der Waals surface area contributed by atoms with E-state index in [1.54, 1.807) is 0 Å². The molecule has 0 aliphatic rings. The Bertz CT molecular complexity index is 736. The molecule has 0 amide bonds. The molecule has 2 rings (SSSR count). The minimum Gasteiger partial charge on any atom is -0.281 e. The Morgan fingerprint density at radius 1 is 0.667 bits per heavy atom. The topological polar surface area (TPSA) is 120 Å². The first kappa shape index (κ1) is 17.6. The summed E-state index contributed by atoms with van der Waals surface area (Å²) in [6, 6.07) is 10.1. The average molecular weight is 364 g/mol. The zero-order valence-corrected chi connectivity index (χ0v) is 13.4. The van der Waals surface area contributed by atoms with Gasteiger partial charge in [-0.2, -0.15) is 0 Å². The Morgan fingerprint density at radius 2 is 0.958 bits per heavy atom. The summed E-state index contributed by atoms with van der Waals surface area (Å²) < 4.78 is 0. The van der Waals surface area contributed by atoms with Gasteiger partial charge in [0.1, 0.15) is 0 Å². The van der Waals surface area contributed by atoms with Gasteiger partial charge in [0.2, 0.25) is 10.2 Å². The van der Waals surface area contributed by atoms with Crippen molar-refractivity contribution in [1.29, 1.82) is 0 Å². The van der Waals surface area contributed by atoms with E-state index >= 15 is 0 Å². The normalized spacial score (nSPS) is 10.2. The van der Waals surface area contributed by atoms with Crippen LogP contribution in [0.5, 0.6) is 0 Å². The van der Waals surface area contributed by atoms with Gasteiger partial charge in [0, 0.05) is 35.4 Å². The molecule has 24 heavy (non-hydrogen) atoms. The SMILES string of the molecule is O=C(SSC(=O)c1ccc([N+](=O)[O-])cc1)c1ccc([N+](=O)[O-])cc1. The first-order chi connectivity index (χ1) is 11.4. The van der Waals surface area contributed by atoms with Crippen LogP contribution in [0.25, 0.3) is 0 Å². The minimum atomic E-state index is -0.575. The zero-order chi connectivity index (χ0) is 17.7. The van der Waals surface area contributed by atoms with Crippen LogP contribution in [0.2, 0.25) is 0 Å². The van der Waals surface area contributed by atoms with Gasteiger partial charge in [-0.05, 0) is 45.9 Å². The maximum Gasteiger partial charge on any atom is 0.269 e. The molecule has 8 nitrogen and oxygen atoms in total. The van der Waals surface area contributed by atoms with E-state index in [2.05, 4.69) is 0 Å². The molecule has 0 saturated heterocycles. The van der Waals surface area contributed by atoms with Crippen LogP contribution in [0.15, 0.2) is 48.5 Å². The highest BCUT2D eigenvalue weighted by Crippen LogP contribution is 2.30. The average Bonchev–Trinajstić information content (AvgIpc) is 2.59. The van der Waals surface area contributed by atoms with Crippen molar-refractivity contribution in [3.63, 3.8) is 0 Å². The summed E-state index contributed by atoms with van der Waals surface area (Å²) in [4.78, 5) is 43.8.